The fraction of sp³-hybridized carbons (Fsp3) is 0.316. The summed E-state index contributed by atoms with van der Waals surface area (Å²) < 4.78 is 7.69. The maximum atomic E-state index is 8.00. The van der Waals surface area contributed by atoms with E-state index in [0.29, 0.717) is 6.61 Å². The number of hydrogen-bond donors (Lipinski definition) is 0. The molecule has 1 aromatic heterocycles. The molecule has 2 aromatic rings. The Morgan fingerprint density at radius 1 is 1.17 bits per heavy atom. The van der Waals surface area contributed by atoms with Crippen LogP contribution in [0.5, 0.6) is 0 Å². The van der Waals surface area contributed by atoms with Crippen molar-refractivity contribution in [1.82, 2.24) is 9.55 Å². The van der Waals surface area contributed by atoms with Crippen LogP contribution >= 0.6 is 0 Å². The smallest absolute Gasteiger partial charge is 0.116 e. The number of ether oxygens (including phenoxy) is 1. The second-order valence-electron chi connectivity index (χ2n) is 4.86. The average molecular weight is 330 g/mol. The van der Waals surface area contributed by atoms with Crippen LogP contribution in [-0.2, 0) is 20.7 Å². The van der Waals surface area contributed by atoms with E-state index in [9.17, 15) is 0 Å². The van der Waals surface area contributed by atoms with Gasteiger partial charge in [0.1, 0.15) is 25.4 Å². The zero-order valence-electron chi connectivity index (χ0n) is 14.7. The molecule has 0 spiro atoms. The van der Waals surface area contributed by atoms with Gasteiger partial charge in [0.2, 0.25) is 0 Å². The van der Waals surface area contributed by atoms with Crippen molar-refractivity contribution in [2.45, 2.75) is 33.2 Å². The quantitative estimate of drug-likeness (QED) is 0.760. The molecule has 5 heteroatoms. The van der Waals surface area contributed by atoms with Crippen LogP contribution in [0.15, 0.2) is 49.1 Å². The van der Waals surface area contributed by atoms with Gasteiger partial charge in [-0.1, -0.05) is 37.8 Å². The summed E-state index contributed by atoms with van der Waals surface area (Å²) >= 11 is 0. The van der Waals surface area contributed by atoms with E-state index in [0.717, 1.165) is 23.4 Å². The number of allylic oxidation sites excluding steroid dienone is 1. The lowest BCUT2D eigenvalue weighted by Gasteiger charge is -2.21. The first-order valence-electron chi connectivity index (χ1n) is 7.64. The van der Waals surface area contributed by atoms with Crippen molar-refractivity contribution in [2.75, 3.05) is 6.61 Å². The van der Waals surface area contributed by atoms with Crippen molar-refractivity contribution < 1.29 is 14.3 Å². The van der Waals surface area contributed by atoms with Crippen LogP contribution in [0.4, 0.5) is 0 Å². The van der Waals surface area contributed by atoms with Crippen LogP contribution in [0.25, 0.3) is 0 Å². The molecule has 0 fully saturated rings. The number of carbonyl (C=O) groups is 2. The average Bonchev–Trinajstić information content (AvgIpc) is 3.05. The van der Waals surface area contributed by atoms with Gasteiger partial charge < -0.3 is 18.9 Å². The number of benzene rings is 1. The highest BCUT2D eigenvalue weighted by molar-refractivity contribution is 5.30. The molecule has 0 radical (unpaired) electrons. The van der Waals surface area contributed by atoms with E-state index in [1.54, 1.807) is 0 Å². The predicted molar refractivity (Wildman–Crippen MR) is 95.9 cm³/mol. The summed E-state index contributed by atoms with van der Waals surface area (Å²) in [6.07, 6.45) is 4.89. The Morgan fingerprint density at radius 3 is 2.17 bits per heavy atom. The number of rotatable bonds is 6. The molecule has 0 bridgehead atoms. The van der Waals surface area contributed by atoms with Crippen molar-refractivity contribution in [3.63, 3.8) is 0 Å². The fourth-order valence-electron chi connectivity index (χ4n) is 2.31. The third-order valence-electron chi connectivity index (χ3n) is 3.37. The minimum atomic E-state index is -0.0259. The van der Waals surface area contributed by atoms with E-state index < -0.39 is 0 Å². The molecule has 0 saturated carbocycles. The van der Waals surface area contributed by atoms with Gasteiger partial charge in [0.05, 0.1) is 18.6 Å². The predicted octanol–water partition coefficient (Wildman–Crippen LogP) is 3.52. The molecule has 130 valence electrons. The van der Waals surface area contributed by atoms with E-state index in [2.05, 4.69) is 42.8 Å². The minimum absolute atomic E-state index is 0.0259. The SMILES string of the molecule is C=C(OCC)C(c1ccc(CC)cc1)n1cnc(C)c1.C=O.C=O. The molecule has 2 rings (SSSR count). The van der Waals surface area contributed by atoms with Gasteiger partial charge in [-0.05, 0) is 31.4 Å². The van der Waals surface area contributed by atoms with Gasteiger partial charge in [0.15, 0.2) is 0 Å². The Morgan fingerprint density at radius 2 is 1.75 bits per heavy atom. The fourth-order valence-corrected chi connectivity index (χ4v) is 2.31. The van der Waals surface area contributed by atoms with Gasteiger partial charge in [-0.3, -0.25) is 0 Å². The molecule has 1 unspecified atom stereocenters. The first-order chi connectivity index (χ1) is 11.7. The summed E-state index contributed by atoms with van der Waals surface area (Å²) in [6, 6.07) is 8.57. The number of hydrogen-bond acceptors (Lipinski definition) is 4. The summed E-state index contributed by atoms with van der Waals surface area (Å²) in [4.78, 5) is 20.3. The lowest BCUT2D eigenvalue weighted by Crippen LogP contribution is -2.13. The topological polar surface area (TPSA) is 61.2 Å². The van der Waals surface area contributed by atoms with Gasteiger partial charge in [0.25, 0.3) is 0 Å². The molecule has 0 saturated heterocycles. The molecule has 0 N–H and O–H groups in total. The summed E-state index contributed by atoms with van der Waals surface area (Å²) in [7, 11) is 0. The molecule has 24 heavy (non-hydrogen) atoms. The van der Waals surface area contributed by atoms with Crippen molar-refractivity contribution in [3.05, 3.63) is 65.9 Å². The van der Waals surface area contributed by atoms with Crippen LogP contribution in [-0.4, -0.2) is 29.7 Å². The van der Waals surface area contributed by atoms with Crippen LogP contribution in [0.2, 0.25) is 0 Å². The summed E-state index contributed by atoms with van der Waals surface area (Å²) in [5.41, 5.74) is 3.49. The van der Waals surface area contributed by atoms with Crippen molar-refractivity contribution >= 4 is 13.6 Å². The summed E-state index contributed by atoms with van der Waals surface area (Å²) in [5, 5.41) is 0. The van der Waals surface area contributed by atoms with Gasteiger partial charge in [-0.15, -0.1) is 0 Å². The van der Waals surface area contributed by atoms with Crippen molar-refractivity contribution in [3.8, 4) is 0 Å². The highest BCUT2D eigenvalue weighted by Gasteiger charge is 2.18. The molecule has 1 aromatic carbocycles. The Hall–Kier alpha value is -2.69. The lowest BCUT2D eigenvalue weighted by atomic mass is 10.0. The van der Waals surface area contributed by atoms with E-state index in [1.165, 1.54) is 5.56 Å². The number of aryl methyl sites for hydroxylation is 2. The summed E-state index contributed by atoms with van der Waals surface area (Å²) in [6.45, 7) is 14.8. The molecular formula is C19H26N2O3. The number of nitrogens with zero attached hydrogens (tertiary/aromatic N) is 2. The van der Waals surface area contributed by atoms with Crippen LogP contribution in [0.1, 0.15) is 36.7 Å². The van der Waals surface area contributed by atoms with E-state index in [4.69, 9.17) is 14.3 Å². The lowest BCUT2D eigenvalue weighted by molar-refractivity contribution is -0.0987. The Kier molecular flexibility index (Phi) is 10.5. The van der Waals surface area contributed by atoms with Gasteiger partial charge in [-0.25, -0.2) is 4.98 Å². The number of carbonyl (C=O) groups excluding carboxylic acids is 2. The second-order valence-corrected chi connectivity index (χ2v) is 4.86. The van der Waals surface area contributed by atoms with Gasteiger partial charge in [-0.2, -0.15) is 0 Å². The van der Waals surface area contributed by atoms with Gasteiger partial charge in [0, 0.05) is 6.20 Å². The third kappa shape index (κ3) is 5.83. The minimum Gasteiger partial charge on any atom is -0.496 e. The largest absolute Gasteiger partial charge is 0.496 e. The normalized spacial score (nSPS) is 10.5. The number of aromatic nitrogens is 2. The maximum absolute atomic E-state index is 8.00. The Balaban J connectivity index is 0.00000123. The molecule has 0 amide bonds. The van der Waals surface area contributed by atoms with Crippen LogP contribution < -0.4 is 0 Å². The van der Waals surface area contributed by atoms with Crippen molar-refractivity contribution in [1.29, 1.82) is 0 Å². The van der Waals surface area contributed by atoms with Crippen molar-refractivity contribution in [2.24, 2.45) is 0 Å². The molecule has 0 aliphatic rings. The van der Waals surface area contributed by atoms with E-state index in [-0.39, 0.29) is 6.04 Å². The Bertz CT molecular complexity index is 603. The molecule has 0 aliphatic heterocycles. The van der Waals surface area contributed by atoms with E-state index in [1.807, 2.05) is 44.5 Å². The molecule has 1 heterocycles. The van der Waals surface area contributed by atoms with Gasteiger partial charge >= 0.3 is 0 Å². The molecule has 5 nitrogen and oxygen atoms in total. The van der Waals surface area contributed by atoms with E-state index >= 15 is 0 Å². The zero-order valence-corrected chi connectivity index (χ0v) is 14.7. The Labute approximate surface area is 144 Å². The molecule has 1 atom stereocenters. The monoisotopic (exact) mass is 330 g/mol. The second kappa shape index (κ2) is 11.8. The first kappa shape index (κ1) is 21.3. The standard InChI is InChI=1S/C17H22N2O.2CH2O/c1-5-15-7-9-16(10-8-15)17(14(4)20-6-2)19-11-13(3)18-12-19;2*1-2/h7-12,17H,4-6H2,1-3H3;2*1H2. The first-order valence-corrected chi connectivity index (χ1v) is 7.64. The highest BCUT2D eigenvalue weighted by atomic mass is 16.5. The number of imidazole rings is 1. The third-order valence-corrected chi connectivity index (χ3v) is 3.37. The maximum Gasteiger partial charge on any atom is 0.116 e. The zero-order chi connectivity index (χ0) is 18.5. The molecule has 0 aliphatic carbocycles. The summed E-state index contributed by atoms with van der Waals surface area (Å²) in [5.74, 6) is 0.745. The van der Waals surface area contributed by atoms with Crippen LogP contribution in [0.3, 0.4) is 0 Å². The molecular weight excluding hydrogens is 304 g/mol. The van der Waals surface area contributed by atoms with Crippen LogP contribution in [0, 0.1) is 6.92 Å². The highest BCUT2D eigenvalue weighted by Crippen LogP contribution is 2.26.